The number of rotatable bonds is 2. The summed E-state index contributed by atoms with van der Waals surface area (Å²) < 4.78 is 5.43. The molecule has 2 heterocycles. The Labute approximate surface area is 91.3 Å². The van der Waals surface area contributed by atoms with Gasteiger partial charge in [-0.25, -0.2) is 0 Å². The van der Waals surface area contributed by atoms with Crippen LogP contribution in [0.3, 0.4) is 0 Å². The molecule has 1 atom stereocenters. The van der Waals surface area contributed by atoms with Crippen molar-refractivity contribution >= 4 is 16.5 Å². The summed E-state index contributed by atoms with van der Waals surface area (Å²) in [6.07, 6.45) is 5.12. The fourth-order valence-electron chi connectivity index (χ4n) is 2.02. The van der Waals surface area contributed by atoms with Crippen molar-refractivity contribution < 1.29 is 4.42 Å². The molecule has 0 amide bonds. The van der Waals surface area contributed by atoms with E-state index in [1.165, 1.54) is 16.9 Å². The van der Waals surface area contributed by atoms with Crippen LogP contribution in [0.1, 0.15) is 30.2 Å². The Morgan fingerprint density at radius 1 is 1.53 bits per heavy atom. The molecule has 0 aromatic carbocycles. The number of hydrogen-bond acceptors (Lipinski definition) is 5. The van der Waals surface area contributed by atoms with E-state index in [2.05, 4.69) is 15.5 Å². The van der Waals surface area contributed by atoms with Crippen LogP contribution in [0.25, 0.3) is 0 Å². The van der Waals surface area contributed by atoms with E-state index in [4.69, 9.17) is 4.42 Å². The fraction of sp³-hybridized carbons (Fsp3) is 0.400. The Bertz CT molecular complexity index is 437. The normalized spacial score (nSPS) is 19.9. The summed E-state index contributed by atoms with van der Waals surface area (Å²) in [5.41, 5.74) is 3.01. The van der Waals surface area contributed by atoms with E-state index < -0.39 is 0 Å². The molecule has 0 radical (unpaired) electrons. The van der Waals surface area contributed by atoms with Gasteiger partial charge < -0.3 is 9.73 Å². The molecule has 0 saturated carbocycles. The highest BCUT2D eigenvalue weighted by Crippen LogP contribution is 2.33. The molecule has 0 fully saturated rings. The van der Waals surface area contributed by atoms with Crippen molar-refractivity contribution in [2.75, 3.05) is 5.32 Å². The van der Waals surface area contributed by atoms with Gasteiger partial charge in [0.15, 0.2) is 0 Å². The monoisotopic (exact) mass is 221 g/mol. The van der Waals surface area contributed by atoms with E-state index in [0.717, 1.165) is 30.2 Å². The quantitative estimate of drug-likeness (QED) is 0.847. The number of hydrogen-bond donors (Lipinski definition) is 1. The van der Waals surface area contributed by atoms with Crippen LogP contribution >= 0.6 is 11.3 Å². The van der Waals surface area contributed by atoms with Crippen molar-refractivity contribution in [3.8, 4) is 0 Å². The van der Waals surface area contributed by atoms with E-state index in [-0.39, 0.29) is 0 Å². The van der Waals surface area contributed by atoms with Crippen LogP contribution < -0.4 is 5.32 Å². The van der Waals surface area contributed by atoms with Crippen molar-refractivity contribution in [1.29, 1.82) is 0 Å². The number of anilines is 1. The summed E-state index contributed by atoms with van der Waals surface area (Å²) in [6, 6.07) is 2.38. The molecule has 1 N–H and O–H groups in total. The van der Waals surface area contributed by atoms with Crippen molar-refractivity contribution in [1.82, 2.24) is 10.2 Å². The van der Waals surface area contributed by atoms with Gasteiger partial charge in [-0.15, -0.1) is 10.2 Å². The minimum absolute atomic E-state index is 0.334. The molecule has 15 heavy (non-hydrogen) atoms. The second-order valence-electron chi connectivity index (χ2n) is 3.63. The largest absolute Gasteiger partial charge is 0.469 e. The van der Waals surface area contributed by atoms with Crippen molar-refractivity contribution in [2.45, 2.75) is 25.3 Å². The third-order valence-corrected chi connectivity index (χ3v) is 3.33. The molecule has 0 saturated heterocycles. The van der Waals surface area contributed by atoms with E-state index in [0.29, 0.717) is 6.04 Å². The zero-order valence-corrected chi connectivity index (χ0v) is 8.96. The predicted octanol–water partition coefficient (Wildman–Crippen LogP) is 2.62. The number of aryl methyl sites for hydroxylation is 1. The lowest BCUT2D eigenvalue weighted by molar-refractivity contribution is 0.461. The molecule has 2 aromatic rings. The molecule has 3 rings (SSSR count). The Balaban J connectivity index is 1.84. The van der Waals surface area contributed by atoms with E-state index in [1.807, 2.05) is 6.07 Å². The maximum atomic E-state index is 5.43. The maximum absolute atomic E-state index is 5.43. The van der Waals surface area contributed by atoms with Crippen LogP contribution in [-0.4, -0.2) is 10.2 Å². The van der Waals surface area contributed by atoms with Gasteiger partial charge in [0.1, 0.15) is 11.3 Å². The maximum Gasteiger partial charge on any atom is 0.205 e. The first-order chi connectivity index (χ1) is 7.43. The predicted molar refractivity (Wildman–Crippen MR) is 57.9 cm³/mol. The lowest BCUT2D eigenvalue weighted by Crippen LogP contribution is -2.15. The summed E-state index contributed by atoms with van der Waals surface area (Å²) in [5.74, 6) is 1.11. The molecule has 4 nitrogen and oxygen atoms in total. The molecule has 0 spiro atoms. The Kier molecular flexibility index (Phi) is 2.17. The first-order valence-corrected chi connectivity index (χ1v) is 5.90. The van der Waals surface area contributed by atoms with Crippen molar-refractivity contribution in [3.05, 3.63) is 29.2 Å². The van der Waals surface area contributed by atoms with Gasteiger partial charge in [-0.2, -0.15) is 0 Å². The fourth-order valence-corrected chi connectivity index (χ4v) is 2.52. The molecule has 1 unspecified atom stereocenters. The standard InChI is InChI=1S/C10H11N3OS/c1-2-8(12-10-13-11-6-15-10)7-4-5-14-9(7)3-1/h4-6,8H,1-3H2,(H,12,13). The molecule has 2 aromatic heterocycles. The molecule has 0 aliphatic heterocycles. The lowest BCUT2D eigenvalue weighted by Gasteiger charge is -2.21. The minimum Gasteiger partial charge on any atom is -0.469 e. The van der Waals surface area contributed by atoms with E-state index >= 15 is 0 Å². The molecular formula is C10H11N3OS. The zero-order chi connectivity index (χ0) is 10.1. The van der Waals surface area contributed by atoms with Gasteiger partial charge in [-0.05, 0) is 18.9 Å². The minimum atomic E-state index is 0.334. The average molecular weight is 221 g/mol. The third kappa shape index (κ3) is 1.63. The van der Waals surface area contributed by atoms with Crippen LogP contribution in [0.5, 0.6) is 0 Å². The van der Waals surface area contributed by atoms with Gasteiger partial charge in [-0.3, -0.25) is 0 Å². The van der Waals surface area contributed by atoms with Gasteiger partial charge in [-0.1, -0.05) is 11.3 Å². The highest BCUT2D eigenvalue weighted by atomic mass is 32.1. The third-order valence-electron chi connectivity index (χ3n) is 2.71. The first-order valence-electron chi connectivity index (χ1n) is 5.02. The summed E-state index contributed by atoms with van der Waals surface area (Å²) >= 11 is 1.53. The average Bonchev–Trinajstić information content (AvgIpc) is 2.87. The Hall–Kier alpha value is -1.36. The number of furan rings is 1. The zero-order valence-electron chi connectivity index (χ0n) is 8.14. The number of nitrogens with one attached hydrogen (secondary N) is 1. The van der Waals surface area contributed by atoms with Gasteiger partial charge in [0.2, 0.25) is 5.13 Å². The van der Waals surface area contributed by atoms with Gasteiger partial charge in [0, 0.05) is 12.0 Å². The highest BCUT2D eigenvalue weighted by molar-refractivity contribution is 7.13. The lowest BCUT2D eigenvalue weighted by atomic mass is 9.94. The number of aromatic nitrogens is 2. The topological polar surface area (TPSA) is 51.0 Å². The van der Waals surface area contributed by atoms with Crippen LogP contribution in [0.15, 0.2) is 22.3 Å². The van der Waals surface area contributed by atoms with Crippen molar-refractivity contribution in [2.24, 2.45) is 0 Å². The van der Waals surface area contributed by atoms with Gasteiger partial charge >= 0.3 is 0 Å². The number of nitrogens with zero attached hydrogens (tertiary/aromatic N) is 2. The Morgan fingerprint density at radius 2 is 2.53 bits per heavy atom. The summed E-state index contributed by atoms with van der Waals surface area (Å²) in [4.78, 5) is 0. The van der Waals surface area contributed by atoms with Crippen LogP contribution in [0.2, 0.25) is 0 Å². The molecule has 5 heteroatoms. The number of fused-ring (bicyclic) bond motifs is 1. The summed E-state index contributed by atoms with van der Waals surface area (Å²) in [6.45, 7) is 0. The Morgan fingerprint density at radius 3 is 3.40 bits per heavy atom. The highest BCUT2D eigenvalue weighted by Gasteiger charge is 2.22. The molecule has 1 aliphatic carbocycles. The van der Waals surface area contributed by atoms with Crippen LogP contribution in [-0.2, 0) is 6.42 Å². The second-order valence-corrected chi connectivity index (χ2v) is 4.47. The van der Waals surface area contributed by atoms with E-state index in [9.17, 15) is 0 Å². The first kappa shape index (κ1) is 8.91. The SMILES string of the molecule is c1cc2c(o1)CCCC2Nc1nncs1. The smallest absolute Gasteiger partial charge is 0.205 e. The van der Waals surface area contributed by atoms with Crippen LogP contribution in [0, 0.1) is 0 Å². The van der Waals surface area contributed by atoms with Crippen LogP contribution in [0.4, 0.5) is 5.13 Å². The molecule has 0 bridgehead atoms. The molecule has 1 aliphatic rings. The van der Waals surface area contributed by atoms with Gasteiger partial charge in [0.05, 0.1) is 12.3 Å². The van der Waals surface area contributed by atoms with Crippen molar-refractivity contribution in [3.63, 3.8) is 0 Å². The second kappa shape index (κ2) is 3.66. The molecular weight excluding hydrogens is 210 g/mol. The molecule has 78 valence electrons. The van der Waals surface area contributed by atoms with E-state index in [1.54, 1.807) is 11.8 Å². The summed E-state index contributed by atoms with van der Waals surface area (Å²) in [7, 11) is 0. The van der Waals surface area contributed by atoms with Gasteiger partial charge in [0.25, 0.3) is 0 Å². The summed E-state index contributed by atoms with van der Waals surface area (Å²) in [5, 5.41) is 12.1.